The van der Waals surface area contributed by atoms with E-state index >= 15 is 0 Å². The molecule has 1 heterocycles. The Kier molecular flexibility index (Phi) is 3.02. The maximum Gasteiger partial charge on any atom is 0.0898 e. The predicted molar refractivity (Wildman–Crippen MR) is 48.9 cm³/mol. The fourth-order valence-corrected chi connectivity index (χ4v) is 1.77. The molecule has 0 saturated carbocycles. The molecule has 0 aliphatic rings. The second-order valence-electron chi connectivity index (χ2n) is 2.54. The van der Waals surface area contributed by atoms with Gasteiger partial charge in [-0.15, -0.1) is 11.3 Å². The Morgan fingerprint density at radius 2 is 2.45 bits per heavy atom. The number of hydrogen-bond acceptors (Lipinski definition) is 3. The molecule has 11 heavy (non-hydrogen) atoms. The summed E-state index contributed by atoms with van der Waals surface area (Å²) in [5.74, 6) is 0. The number of rotatable bonds is 3. The number of nitrogens with zero attached hydrogens (tertiary/aromatic N) is 1. The molecule has 1 rings (SSSR count). The van der Waals surface area contributed by atoms with Crippen LogP contribution in [0, 0.1) is 6.92 Å². The van der Waals surface area contributed by atoms with Crippen molar-refractivity contribution in [3.63, 3.8) is 0 Å². The van der Waals surface area contributed by atoms with E-state index in [1.54, 1.807) is 11.3 Å². The summed E-state index contributed by atoms with van der Waals surface area (Å²) in [6, 6.07) is 0.431. The van der Waals surface area contributed by atoms with Crippen LogP contribution in [0.25, 0.3) is 0 Å². The maximum atomic E-state index is 4.41. The quantitative estimate of drug-likeness (QED) is 0.751. The third-order valence-corrected chi connectivity index (χ3v) is 2.54. The van der Waals surface area contributed by atoms with Gasteiger partial charge in [-0.1, -0.05) is 6.92 Å². The minimum atomic E-state index is 0.431. The van der Waals surface area contributed by atoms with E-state index in [1.165, 1.54) is 5.69 Å². The highest BCUT2D eigenvalue weighted by Crippen LogP contribution is 2.17. The molecule has 1 N–H and O–H groups in total. The molecule has 62 valence electrons. The second-order valence-corrected chi connectivity index (χ2v) is 3.60. The monoisotopic (exact) mass is 170 g/mol. The Labute approximate surface area is 71.7 Å². The van der Waals surface area contributed by atoms with Crippen LogP contribution in [0.5, 0.6) is 0 Å². The van der Waals surface area contributed by atoms with Crippen LogP contribution in [0.1, 0.15) is 30.1 Å². The Hall–Kier alpha value is -0.410. The molecule has 0 radical (unpaired) electrons. The SMILES string of the molecule is CCC(NC)c1csc(C)n1. The Morgan fingerprint density at radius 3 is 2.82 bits per heavy atom. The molecular weight excluding hydrogens is 156 g/mol. The molecular formula is C8H14N2S. The molecule has 0 saturated heterocycles. The number of aryl methyl sites for hydroxylation is 1. The lowest BCUT2D eigenvalue weighted by atomic mass is 10.2. The number of nitrogens with one attached hydrogen (secondary N) is 1. The zero-order valence-corrected chi connectivity index (χ0v) is 8.03. The predicted octanol–water partition coefficient (Wildman–Crippen LogP) is 2.12. The van der Waals surface area contributed by atoms with Crippen molar-refractivity contribution in [1.29, 1.82) is 0 Å². The van der Waals surface area contributed by atoms with Gasteiger partial charge in [0, 0.05) is 11.4 Å². The molecule has 3 heteroatoms. The lowest BCUT2D eigenvalue weighted by molar-refractivity contribution is 0.564. The van der Waals surface area contributed by atoms with E-state index in [0.29, 0.717) is 6.04 Å². The van der Waals surface area contributed by atoms with Crippen molar-refractivity contribution in [3.05, 3.63) is 16.1 Å². The fraction of sp³-hybridized carbons (Fsp3) is 0.625. The van der Waals surface area contributed by atoms with Crippen molar-refractivity contribution in [3.8, 4) is 0 Å². The summed E-state index contributed by atoms with van der Waals surface area (Å²) >= 11 is 1.71. The van der Waals surface area contributed by atoms with Crippen LogP contribution in [-0.4, -0.2) is 12.0 Å². The molecule has 1 aromatic heterocycles. The van der Waals surface area contributed by atoms with Crippen LogP contribution in [0.4, 0.5) is 0 Å². The van der Waals surface area contributed by atoms with Crippen LogP contribution >= 0.6 is 11.3 Å². The smallest absolute Gasteiger partial charge is 0.0898 e. The largest absolute Gasteiger partial charge is 0.312 e. The molecule has 0 spiro atoms. The summed E-state index contributed by atoms with van der Waals surface area (Å²) < 4.78 is 0. The van der Waals surface area contributed by atoms with Crippen molar-refractivity contribution in [1.82, 2.24) is 10.3 Å². The fourth-order valence-electron chi connectivity index (χ4n) is 1.10. The Balaban J connectivity index is 2.73. The van der Waals surface area contributed by atoms with Crippen molar-refractivity contribution in [2.75, 3.05) is 7.05 Å². The highest BCUT2D eigenvalue weighted by atomic mass is 32.1. The molecule has 0 amide bonds. The lowest BCUT2D eigenvalue weighted by Gasteiger charge is -2.09. The van der Waals surface area contributed by atoms with Crippen molar-refractivity contribution >= 4 is 11.3 Å². The lowest BCUT2D eigenvalue weighted by Crippen LogP contribution is -2.15. The van der Waals surface area contributed by atoms with Crippen molar-refractivity contribution in [2.45, 2.75) is 26.3 Å². The Bertz CT molecular complexity index is 216. The van der Waals surface area contributed by atoms with Gasteiger partial charge in [0.05, 0.1) is 10.7 Å². The van der Waals surface area contributed by atoms with E-state index in [0.717, 1.165) is 11.4 Å². The van der Waals surface area contributed by atoms with Gasteiger partial charge in [0.25, 0.3) is 0 Å². The van der Waals surface area contributed by atoms with Crippen LogP contribution in [0.2, 0.25) is 0 Å². The van der Waals surface area contributed by atoms with E-state index in [9.17, 15) is 0 Å². The molecule has 0 bridgehead atoms. The Morgan fingerprint density at radius 1 is 1.73 bits per heavy atom. The summed E-state index contributed by atoms with van der Waals surface area (Å²) in [4.78, 5) is 4.41. The zero-order valence-electron chi connectivity index (χ0n) is 7.22. The summed E-state index contributed by atoms with van der Waals surface area (Å²) in [5.41, 5.74) is 1.18. The van der Waals surface area contributed by atoms with Crippen molar-refractivity contribution in [2.24, 2.45) is 0 Å². The van der Waals surface area contributed by atoms with Gasteiger partial charge in [-0.05, 0) is 20.4 Å². The molecule has 1 unspecified atom stereocenters. The van der Waals surface area contributed by atoms with Gasteiger partial charge in [-0.2, -0.15) is 0 Å². The highest BCUT2D eigenvalue weighted by Gasteiger charge is 2.08. The topological polar surface area (TPSA) is 24.9 Å². The molecule has 0 fully saturated rings. The van der Waals surface area contributed by atoms with Gasteiger partial charge in [-0.3, -0.25) is 0 Å². The van der Waals surface area contributed by atoms with Gasteiger partial charge >= 0.3 is 0 Å². The highest BCUT2D eigenvalue weighted by molar-refractivity contribution is 7.09. The number of thiazole rings is 1. The number of hydrogen-bond donors (Lipinski definition) is 1. The van der Waals surface area contributed by atoms with Gasteiger partial charge in [-0.25, -0.2) is 4.98 Å². The van der Waals surface area contributed by atoms with E-state index < -0.39 is 0 Å². The first kappa shape index (κ1) is 8.68. The van der Waals surface area contributed by atoms with Gasteiger partial charge < -0.3 is 5.32 Å². The summed E-state index contributed by atoms with van der Waals surface area (Å²) in [6.45, 7) is 4.20. The summed E-state index contributed by atoms with van der Waals surface area (Å²) in [5, 5.41) is 6.50. The average Bonchev–Trinajstić information content (AvgIpc) is 2.39. The van der Waals surface area contributed by atoms with Crippen LogP contribution in [0.3, 0.4) is 0 Å². The standard InChI is InChI=1S/C8H14N2S/c1-4-7(9-3)8-5-11-6(2)10-8/h5,7,9H,4H2,1-3H3. The molecule has 0 aromatic carbocycles. The third-order valence-electron chi connectivity index (χ3n) is 1.75. The first-order chi connectivity index (χ1) is 5.27. The van der Waals surface area contributed by atoms with Crippen LogP contribution in [-0.2, 0) is 0 Å². The molecule has 2 nitrogen and oxygen atoms in total. The summed E-state index contributed by atoms with van der Waals surface area (Å²) in [6.07, 6.45) is 1.10. The van der Waals surface area contributed by atoms with E-state index in [-0.39, 0.29) is 0 Å². The zero-order chi connectivity index (χ0) is 8.27. The minimum absolute atomic E-state index is 0.431. The normalized spacial score (nSPS) is 13.4. The van der Waals surface area contributed by atoms with Crippen LogP contribution < -0.4 is 5.32 Å². The maximum absolute atomic E-state index is 4.41. The first-order valence-electron chi connectivity index (χ1n) is 3.87. The van der Waals surface area contributed by atoms with Gasteiger partial charge in [0.15, 0.2) is 0 Å². The molecule has 1 aromatic rings. The van der Waals surface area contributed by atoms with Gasteiger partial charge in [0.1, 0.15) is 0 Å². The van der Waals surface area contributed by atoms with E-state index in [2.05, 4.69) is 22.6 Å². The second kappa shape index (κ2) is 3.83. The van der Waals surface area contributed by atoms with E-state index in [1.807, 2.05) is 14.0 Å². The molecule has 0 aliphatic heterocycles. The molecule has 1 atom stereocenters. The summed E-state index contributed by atoms with van der Waals surface area (Å²) in [7, 11) is 1.98. The van der Waals surface area contributed by atoms with Gasteiger partial charge in [0.2, 0.25) is 0 Å². The van der Waals surface area contributed by atoms with Crippen LogP contribution in [0.15, 0.2) is 5.38 Å². The number of aromatic nitrogens is 1. The third kappa shape index (κ3) is 2.01. The average molecular weight is 170 g/mol. The molecule has 0 aliphatic carbocycles. The minimum Gasteiger partial charge on any atom is -0.312 e. The first-order valence-corrected chi connectivity index (χ1v) is 4.75. The van der Waals surface area contributed by atoms with E-state index in [4.69, 9.17) is 0 Å². The van der Waals surface area contributed by atoms with Crippen molar-refractivity contribution < 1.29 is 0 Å².